The Kier molecular flexibility index (Phi) is 7.43. The van der Waals surface area contributed by atoms with E-state index in [-0.39, 0.29) is 24.6 Å². The van der Waals surface area contributed by atoms with Gasteiger partial charge in [-0.2, -0.15) is 0 Å². The highest BCUT2D eigenvalue weighted by Gasteiger charge is 2.32. The zero-order chi connectivity index (χ0) is 18.9. The van der Waals surface area contributed by atoms with Gasteiger partial charge >= 0.3 is 11.9 Å². The summed E-state index contributed by atoms with van der Waals surface area (Å²) in [5.41, 5.74) is 0.825. The molecular formula is C18H23NO7. The van der Waals surface area contributed by atoms with Gasteiger partial charge in [0.25, 0.3) is 0 Å². The van der Waals surface area contributed by atoms with Crippen LogP contribution in [0.5, 0.6) is 5.75 Å². The monoisotopic (exact) mass is 365 g/mol. The molecular weight excluding hydrogens is 342 g/mol. The fraction of sp³-hybridized carbons (Fsp3) is 0.444. The standard InChI is InChI=1S/C18H23NO7/c1-4-24-8-9-26-14-7-5-6-13(10-14)19-12-25-11-15(17(20)22-2)16(19)18(21)23-3/h5-7,10H,4,8-9,11-12H2,1-3H3. The highest BCUT2D eigenvalue weighted by atomic mass is 16.5. The number of carbonyl (C=O) groups is 2. The van der Waals surface area contributed by atoms with E-state index >= 15 is 0 Å². The van der Waals surface area contributed by atoms with Crippen molar-refractivity contribution in [2.75, 3.05) is 52.3 Å². The van der Waals surface area contributed by atoms with Crippen LogP contribution in [0.4, 0.5) is 5.69 Å². The largest absolute Gasteiger partial charge is 0.491 e. The third-order valence-electron chi connectivity index (χ3n) is 3.66. The van der Waals surface area contributed by atoms with Crippen LogP contribution in [0.2, 0.25) is 0 Å². The molecule has 1 aromatic carbocycles. The molecule has 0 N–H and O–H groups in total. The zero-order valence-electron chi connectivity index (χ0n) is 15.1. The van der Waals surface area contributed by atoms with E-state index in [0.29, 0.717) is 31.3 Å². The van der Waals surface area contributed by atoms with Gasteiger partial charge in [0.15, 0.2) is 0 Å². The molecule has 0 atom stereocenters. The maximum atomic E-state index is 12.3. The Bertz CT molecular complexity index is 671. The Morgan fingerprint density at radius 2 is 1.92 bits per heavy atom. The van der Waals surface area contributed by atoms with Crippen molar-refractivity contribution in [1.29, 1.82) is 0 Å². The summed E-state index contributed by atoms with van der Waals surface area (Å²) in [5, 5.41) is 0. The summed E-state index contributed by atoms with van der Waals surface area (Å²) in [6, 6.07) is 7.11. The molecule has 8 nitrogen and oxygen atoms in total. The number of methoxy groups -OCH3 is 2. The molecule has 26 heavy (non-hydrogen) atoms. The first-order valence-corrected chi connectivity index (χ1v) is 8.18. The number of nitrogens with zero attached hydrogens (tertiary/aromatic N) is 1. The van der Waals surface area contributed by atoms with Crippen LogP contribution in [-0.4, -0.2) is 59.3 Å². The highest BCUT2D eigenvalue weighted by Crippen LogP contribution is 2.29. The molecule has 0 saturated heterocycles. The first-order valence-electron chi connectivity index (χ1n) is 8.18. The van der Waals surface area contributed by atoms with E-state index in [4.69, 9.17) is 23.7 Å². The Balaban J connectivity index is 2.30. The molecule has 2 rings (SSSR count). The summed E-state index contributed by atoms with van der Waals surface area (Å²) in [4.78, 5) is 25.8. The highest BCUT2D eigenvalue weighted by molar-refractivity contribution is 6.03. The number of hydrogen-bond donors (Lipinski definition) is 0. The molecule has 1 aliphatic rings. The number of anilines is 1. The number of rotatable bonds is 8. The predicted octanol–water partition coefficient (Wildman–Crippen LogP) is 1.50. The first kappa shape index (κ1) is 19.7. The van der Waals surface area contributed by atoms with Gasteiger partial charge in [-0.25, -0.2) is 9.59 Å². The van der Waals surface area contributed by atoms with Crippen LogP contribution in [-0.2, 0) is 28.5 Å². The average Bonchev–Trinajstić information content (AvgIpc) is 2.69. The van der Waals surface area contributed by atoms with Crippen molar-refractivity contribution in [3.8, 4) is 5.75 Å². The van der Waals surface area contributed by atoms with Crippen molar-refractivity contribution in [3.05, 3.63) is 35.5 Å². The number of esters is 2. The molecule has 1 heterocycles. The Hall–Kier alpha value is -2.58. The molecule has 0 amide bonds. The van der Waals surface area contributed by atoms with E-state index in [1.165, 1.54) is 14.2 Å². The minimum absolute atomic E-state index is 0.0296. The Morgan fingerprint density at radius 3 is 2.62 bits per heavy atom. The molecule has 0 fully saturated rings. The summed E-state index contributed by atoms with van der Waals surface area (Å²) in [6.45, 7) is 3.48. The van der Waals surface area contributed by atoms with Crippen molar-refractivity contribution < 1.29 is 33.3 Å². The Morgan fingerprint density at radius 1 is 1.15 bits per heavy atom. The van der Waals surface area contributed by atoms with Crippen molar-refractivity contribution in [2.24, 2.45) is 0 Å². The molecule has 0 bridgehead atoms. The van der Waals surface area contributed by atoms with Crippen LogP contribution >= 0.6 is 0 Å². The van der Waals surface area contributed by atoms with Crippen LogP contribution in [0.25, 0.3) is 0 Å². The van der Waals surface area contributed by atoms with Crippen LogP contribution in [0.3, 0.4) is 0 Å². The predicted molar refractivity (Wildman–Crippen MR) is 92.8 cm³/mol. The average molecular weight is 365 g/mol. The van der Waals surface area contributed by atoms with Gasteiger partial charge in [-0.1, -0.05) is 6.07 Å². The van der Waals surface area contributed by atoms with Gasteiger partial charge < -0.3 is 28.6 Å². The second-order valence-corrected chi connectivity index (χ2v) is 5.26. The van der Waals surface area contributed by atoms with E-state index in [1.54, 1.807) is 29.2 Å². The smallest absolute Gasteiger partial charge is 0.355 e. The Labute approximate surface area is 152 Å². The SMILES string of the molecule is CCOCCOc1cccc(N2COCC(C(=O)OC)=C2C(=O)OC)c1. The zero-order valence-corrected chi connectivity index (χ0v) is 15.1. The van der Waals surface area contributed by atoms with Crippen molar-refractivity contribution in [1.82, 2.24) is 0 Å². The maximum absolute atomic E-state index is 12.3. The van der Waals surface area contributed by atoms with Gasteiger partial charge in [0.05, 0.1) is 33.0 Å². The minimum Gasteiger partial charge on any atom is -0.491 e. The van der Waals surface area contributed by atoms with E-state index in [1.807, 2.05) is 6.92 Å². The molecule has 8 heteroatoms. The molecule has 0 aliphatic carbocycles. The molecule has 0 radical (unpaired) electrons. The molecule has 0 spiro atoms. The van der Waals surface area contributed by atoms with Gasteiger partial charge in [-0.15, -0.1) is 0 Å². The number of hydrogen-bond acceptors (Lipinski definition) is 8. The lowest BCUT2D eigenvalue weighted by Gasteiger charge is -2.31. The van der Waals surface area contributed by atoms with Crippen molar-refractivity contribution in [3.63, 3.8) is 0 Å². The van der Waals surface area contributed by atoms with E-state index in [0.717, 1.165) is 0 Å². The van der Waals surface area contributed by atoms with Crippen LogP contribution in [0, 0.1) is 0 Å². The van der Waals surface area contributed by atoms with Gasteiger partial charge in [-0.05, 0) is 19.1 Å². The van der Waals surface area contributed by atoms with Gasteiger partial charge in [-0.3, -0.25) is 0 Å². The lowest BCUT2D eigenvalue weighted by atomic mass is 10.1. The van der Waals surface area contributed by atoms with Crippen LogP contribution in [0.1, 0.15) is 6.92 Å². The van der Waals surface area contributed by atoms with Crippen LogP contribution in [0.15, 0.2) is 35.5 Å². The lowest BCUT2D eigenvalue weighted by molar-refractivity contribution is -0.140. The third-order valence-corrected chi connectivity index (χ3v) is 3.66. The molecule has 0 unspecified atom stereocenters. The maximum Gasteiger partial charge on any atom is 0.355 e. The van der Waals surface area contributed by atoms with E-state index < -0.39 is 11.9 Å². The fourth-order valence-electron chi connectivity index (χ4n) is 2.45. The summed E-state index contributed by atoms with van der Waals surface area (Å²) in [6.07, 6.45) is 0. The summed E-state index contributed by atoms with van der Waals surface area (Å²) < 4.78 is 25.9. The molecule has 0 saturated carbocycles. The van der Waals surface area contributed by atoms with Crippen LogP contribution < -0.4 is 9.64 Å². The van der Waals surface area contributed by atoms with Crippen molar-refractivity contribution >= 4 is 17.6 Å². The lowest BCUT2D eigenvalue weighted by Crippen LogP contribution is -2.38. The quantitative estimate of drug-likeness (QED) is 0.506. The fourth-order valence-corrected chi connectivity index (χ4v) is 2.45. The first-order chi connectivity index (χ1) is 12.6. The van der Waals surface area contributed by atoms with Gasteiger partial charge in [0.1, 0.15) is 24.8 Å². The second kappa shape index (κ2) is 9.79. The topological polar surface area (TPSA) is 83.5 Å². The number of carbonyl (C=O) groups excluding carboxylic acids is 2. The molecule has 142 valence electrons. The summed E-state index contributed by atoms with van der Waals surface area (Å²) in [7, 11) is 2.50. The molecule has 1 aromatic rings. The summed E-state index contributed by atoms with van der Waals surface area (Å²) in [5.74, 6) is -0.674. The van der Waals surface area contributed by atoms with E-state index in [9.17, 15) is 9.59 Å². The second-order valence-electron chi connectivity index (χ2n) is 5.26. The van der Waals surface area contributed by atoms with Crippen molar-refractivity contribution in [2.45, 2.75) is 6.92 Å². The minimum atomic E-state index is -0.642. The van der Waals surface area contributed by atoms with E-state index in [2.05, 4.69) is 0 Å². The molecule has 1 aliphatic heterocycles. The van der Waals surface area contributed by atoms with Gasteiger partial charge in [0, 0.05) is 18.4 Å². The third kappa shape index (κ3) is 4.74. The normalized spacial score (nSPS) is 14.2. The number of ether oxygens (including phenoxy) is 5. The number of benzene rings is 1. The molecule has 0 aromatic heterocycles. The van der Waals surface area contributed by atoms with Gasteiger partial charge in [0.2, 0.25) is 0 Å². The summed E-state index contributed by atoms with van der Waals surface area (Å²) >= 11 is 0.